The number of ether oxygens (including phenoxy) is 3. The van der Waals surface area contributed by atoms with E-state index in [4.69, 9.17) is 14.2 Å². The Morgan fingerprint density at radius 1 is 1.07 bits per heavy atom. The summed E-state index contributed by atoms with van der Waals surface area (Å²) in [6, 6.07) is 3.17. The number of phenols is 1. The Hall–Kier alpha value is -3.68. The first-order chi connectivity index (χ1) is 19.9. The summed E-state index contributed by atoms with van der Waals surface area (Å²) in [6.45, 7) is 3.24. The Morgan fingerprint density at radius 2 is 1.71 bits per heavy atom. The molecule has 13 nitrogen and oxygen atoms in total. The molecule has 2 amide bonds. The molecule has 0 radical (unpaired) electrons. The second-order valence-electron chi connectivity index (χ2n) is 11.4. The second-order valence-corrected chi connectivity index (χ2v) is 11.4. The number of likely N-dealkylation sites (N-methyl/N-ethyl adjacent to an activating group) is 1. The van der Waals surface area contributed by atoms with Crippen LogP contribution in [0.3, 0.4) is 0 Å². The number of amides is 2. The average Bonchev–Trinajstić information content (AvgIpc) is 3.29. The predicted octanol–water partition coefficient (Wildman–Crippen LogP) is -0.462. The number of hydrogen-bond acceptors (Lipinski definition) is 11. The van der Waals surface area contributed by atoms with E-state index in [0.29, 0.717) is 19.4 Å². The number of benzene rings is 1. The van der Waals surface area contributed by atoms with Crippen LogP contribution in [0, 0.1) is 0 Å². The fourth-order valence-corrected chi connectivity index (χ4v) is 6.91. The Labute approximate surface area is 242 Å². The zero-order chi connectivity index (χ0) is 30.4. The van der Waals surface area contributed by atoms with E-state index >= 15 is 0 Å². The molecule has 2 bridgehead atoms. The van der Waals surface area contributed by atoms with Gasteiger partial charge in [0.2, 0.25) is 11.8 Å². The molecule has 228 valence electrons. The van der Waals surface area contributed by atoms with E-state index in [1.54, 1.807) is 12.1 Å². The lowest BCUT2D eigenvalue weighted by molar-refractivity contribution is -0.206. The summed E-state index contributed by atoms with van der Waals surface area (Å²) in [5.74, 6) is -1.91. The maximum Gasteiger partial charge on any atom is 0.312 e. The molecule has 2 aliphatic carbocycles. The molecule has 1 aromatic carbocycles. The third kappa shape index (κ3) is 4.78. The van der Waals surface area contributed by atoms with Crippen LogP contribution in [0.15, 0.2) is 24.0 Å². The normalized spacial score (nSPS) is 28.4. The first-order valence-corrected chi connectivity index (χ1v) is 14.2. The van der Waals surface area contributed by atoms with Crippen LogP contribution in [-0.4, -0.2) is 101 Å². The molecule has 2 heterocycles. The Bertz CT molecular complexity index is 1330. The number of carbonyl (C=O) groups excluding carboxylic acids is 4. The molecule has 42 heavy (non-hydrogen) atoms. The van der Waals surface area contributed by atoms with Crippen molar-refractivity contribution in [2.24, 2.45) is 0 Å². The lowest BCUT2D eigenvalue weighted by Crippen LogP contribution is -2.75. The number of phenolic OH excluding ortho intramolecular Hbond substituents is 1. The number of aliphatic hydroxyl groups is 2. The third-order valence-electron chi connectivity index (χ3n) is 8.86. The highest BCUT2D eigenvalue weighted by atomic mass is 16.6. The van der Waals surface area contributed by atoms with Crippen LogP contribution in [0.4, 0.5) is 0 Å². The molecule has 1 saturated heterocycles. The van der Waals surface area contributed by atoms with Crippen LogP contribution in [0.2, 0.25) is 0 Å². The molecular weight excluding hydrogens is 550 g/mol. The predicted molar refractivity (Wildman–Crippen MR) is 145 cm³/mol. The van der Waals surface area contributed by atoms with Crippen LogP contribution in [0.25, 0.3) is 0 Å². The van der Waals surface area contributed by atoms with Crippen LogP contribution < -0.4 is 15.4 Å². The molecule has 1 fully saturated rings. The number of nitrogens with one attached hydrogen (secondary N) is 2. The molecule has 0 unspecified atom stereocenters. The fraction of sp³-hybridized carbons (Fsp3) is 0.586. The van der Waals surface area contributed by atoms with E-state index < -0.39 is 53.1 Å². The van der Waals surface area contributed by atoms with Crippen molar-refractivity contribution in [3.05, 3.63) is 35.1 Å². The summed E-state index contributed by atoms with van der Waals surface area (Å²) in [7, 11) is 1.97. The summed E-state index contributed by atoms with van der Waals surface area (Å²) in [5.41, 5.74) is -0.387. The number of likely N-dealkylation sites (tertiary alicyclic amines) is 1. The number of aliphatic hydroxyl groups excluding tert-OH is 2. The Balaban J connectivity index is 1.46. The minimum absolute atomic E-state index is 0.0149. The van der Waals surface area contributed by atoms with Crippen LogP contribution in [0.1, 0.15) is 50.7 Å². The van der Waals surface area contributed by atoms with Crippen molar-refractivity contribution in [3.8, 4) is 11.5 Å². The van der Waals surface area contributed by atoms with Crippen molar-refractivity contribution in [2.75, 3.05) is 26.7 Å². The number of piperidine rings is 1. The van der Waals surface area contributed by atoms with Gasteiger partial charge in [0.1, 0.15) is 23.6 Å². The highest BCUT2D eigenvalue weighted by molar-refractivity contribution is 5.81. The summed E-state index contributed by atoms with van der Waals surface area (Å²) in [6.07, 6.45) is -0.630. The summed E-state index contributed by atoms with van der Waals surface area (Å²) >= 11 is 0. The molecule has 4 aliphatic rings. The monoisotopic (exact) mass is 587 g/mol. The van der Waals surface area contributed by atoms with E-state index in [-0.39, 0.29) is 55.7 Å². The summed E-state index contributed by atoms with van der Waals surface area (Å²) < 4.78 is 18.6. The van der Waals surface area contributed by atoms with Gasteiger partial charge in [-0.25, -0.2) is 0 Å². The quantitative estimate of drug-likeness (QED) is 0.223. The Kier molecular flexibility index (Phi) is 7.94. The number of carbonyl (C=O) groups is 4. The van der Waals surface area contributed by atoms with Gasteiger partial charge in [-0.1, -0.05) is 6.07 Å². The van der Waals surface area contributed by atoms with Crippen molar-refractivity contribution in [3.63, 3.8) is 0 Å². The zero-order valence-corrected chi connectivity index (χ0v) is 23.8. The van der Waals surface area contributed by atoms with E-state index in [1.807, 2.05) is 13.1 Å². The molecule has 5 N–H and O–H groups in total. The smallest absolute Gasteiger partial charge is 0.312 e. The van der Waals surface area contributed by atoms with Gasteiger partial charge in [0, 0.05) is 25.1 Å². The van der Waals surface area contributed by atoms with Gasteiger partial charge in [0.15, 0.2) is 17.6 Å². The van der Waals surface area contributed by atoms with Crippen LogP contribution in [-0.2, 0) is 40.5 Å². The molecule has 0 aromatic heterocycles. The van der Waals surface area contributed by atoms with E-state index in [2.05, 4.69) is 15.5 Å². The maximum atomic E-state index is 13.3. The molecule has 2 aliphatic heterocycles. The maximum absolute atomic E-state index is 13.3. The minimum Gasteiger partial charge on any atom is -0.504 e. The molecule has 6 atom stereocenters. The van der Waals surface area contributed by atoms with Gasteiger partial charge >= 0.3 is 11.9 Å². The van der Waals surface area contributed by atoms with Crippen molar-refractivity contribution >= 4 is 23.8 Å². The third-order valence-corrected chi connectivity index (χ3v) is 8.86. The van der Waals surface area contributed by atoms with Crippen LogP contribution in [0.5, 0.6) is 11.5 Å². The molecule has 13 heteroatoms. The molecule has 0 saturated carbocycles. The summed E-state index contributed by atoms with van der Waals surface area (Å²) in [5, 5.41) is 34.6. The Morgan fingerprint density at radius 3 is 2.36 bits per heavy atom. The van der Waals surface area contributed by atoms with E-state index in [1.165, 1.54) is 13.8 Å². The molecule has 1 aromatic rings. The van der Waals surface area contributed by atoms with Gasteiger partial charge in [-0.05, 0) is 58.0 Å². The number of nitrogens with zero attached hydrogens (tertiary/aromatic N) is 1. The summed E-state index contributed by atoms with van der Waals surface area (Å²) in [4.78, 5) is 51.7. The molecular formula is C29H37N3O10. The van der Waals surface area contributed by atoms with Gasteiger partial charge < -0.3 is 40.2 Å². The lowest BCUT2D eigenvalue weighted by atomic mass is 9.50. The number of aromatic hydroxyl groups is 1. The van der Waals surface area contributed by atoms with Gasteiger partial charge in [-0.3, -0.25) is 24.1 Å². The van der Waals surface area contributed by atoms with Crippen molar-refractivity contribution in [1.29, 1.82) is 0 Å². The highest BCUT2D eigenvalue weighted by Gasteiger charge is 2.74. The van der Waals surface area contributed by atoms with Gasteiger partial charge in [-0.2, -0.15) is 0 Å². The standard InChI is InChI=1S/C29H37N3O10/c1-15(33)26(38)30-11-7-21(36)40-19-6-9-29(42-22(37)8-12-31-27(39)16(2)34)20-14-17-4-5-18(35)24-23(17)28(29,25(19)41-24)10-13-32(20)3/h4-6,15-16,20,25,33-35H,7-14H2,1-3H3,(H,30,38)(H,31,39)/t15-,16-,20+,25-,28-,29+/m0/s1. The van der Waals surface area contributed by atoms with Crippen LogP contribution >= 0.6 is 0 Å². The van der Waals surface area contributed by atoms with E-state index in [0.717, 1.165) is 11.1 Å². The average molecular weight is 588 g/mol. The topological polar surface area (TPSA) is 184 Å². The van der Waals surface area contributed by atoms with Gasteiger partial charge in [-0.15, -0.1) is 0 Å². The SMILES string of the molecule is C[C@H](O)C(=O)NCCC(=O)OC1=CC[C@@]2(OC(=O)CCNC(=O)[C@H](C)O)[C@H]3Cc4ccc(O)c5c4[C@@]2(CCN3C)[C@H]1O5. The number of hydrogen-bond donors (Lipinski definition) is 5. The lowest BCUT2D eigenvalue weighted by Gasteiger charge is -2.62. The highest BCUT2D eigenvalue weighted by Crippen LogP contribution is 2.66. The number of esters is 2. The zero-order valence-electron chi connectivity index (χ0n) is 23.8. The minimum atomic E-state index is -1.21. The van der Waals surface area contributed by atoms with Crippen molar-refractivity contribution < 1.29 is 48.7 Å². The largest absolute Gasteiger partial charge is 0.504 e. The first kappa shape index (κ1) is 29.8. The van der Waals surface area contributed by atoms with Crippen molar-refractivity contribution in [2.45, 2.75) is 81.3 Å². The first-order valence-electron chi connectivity index (χ1n) is 14.2. The van der Waals surface area contributed by atoms with E-state index in [9.17, 15) is 34.5 Å². The second kappa shape index (κ2) is 11.2. The van der Waals surface area contributed by atoms with Crippen molar-refractivity contribution in [1.82, 2.24) is 15.5 Å². The molecule has 5 rings (SSSR count). The van der Waals surface area contributed by atoms with Gasteiger partial charge in [0.05, 0.1) is 24.3 Å². The number of rotatable bonds is 10. The van der Waals surface area contributed by atoms with Gasteiger partial charge in [0.25, 0.3) is 0 Å². The fourth-order valence-electron chi connectivity index (χ4n) is 6.91. The molecule has 1 spiro atoms.